The smallest absolute Gasteiger partial charge is 0.276 e. The Labute approximate surface area is 147 Å². The van der Waals surface area contributed by atoms with E-state index >= 15 is 0 Å². The zero-order valence-corrected chi connectivity index (χ0v) is 14.7. The van der Waals surface area contributed by atoms with Gasteiger partial charge in [0.2, 0.25) is 5.91 Å². The van der Waals surface area contributed by atoms with Crippen molar-refractivity contribution in [1.82, 2.24) is 15.0 Å². The van der Waals surface area contributed by atoms with Crippen molar-refractivity contribution >= 4 is 11.8 Å². The van der Waals surface area contributed by atoms with Crippen LogP contribution in [0.3, 0.4) is 0 Å². The van der Waals surface area contributed by atoms with Crippen LogP contribution >= 0.6 is 0 Å². The molecule has 0 bridgehead atoms. The van der Waals surface area contributed by atoms with Crippen molar-refractivity contribution in [3.63, 3.8) is 0 Å². The fourth-order valence-electron chi connectivity index (χ4n) is 4.10. The van der Waals surface area contributed by atoms with E-state index in [1.165, 1.54) is 0 Å². The fraction of sp³-hybridized carbons (Fsp3) is 0.722. The van der Waals surface area contributed by atoms with Gasteiger partial charge in [0.15, 0.2) is 5.69 Å². The van der Waals surface area contributed by atoms with Crippen LogP contribution in [0.5, 0.6) is 0 Å². The van der Waals surface area contributed by atoms with E-state index in [9.17, 15) is 9.59 Å². The molecular weight excluding hydrogens is 322 g/mol. The van der Waals surface area contributed by atoms with Crippen LogP contribution in [0.25, 0.3) is 0 Å². The molecule has 0 unspecified atom stereocenters. The van der Waals surface area contributed by atoms with E-state index < -0.39 is 5.41 Å². The monoisotopic (exact) mass is 347 g/mol. The quantitative estimate of drug-likeness (QED) is 0.809. The summed E-state index contributed by atoms with van der Waals surface area (Å²) in [5, 5.41) is 3.95. The number of piperidine rings is 1. The van der Waals surface area contributed by atoms with Crippen LogP contribution in [0, 0.1) is 5.41 Å². The highest BCUT2D eigenvalue weighted by Gasteiger charge is 2.49. The molecule has 1 aromatic heterocycles. The first kappa shape index (κ1) is 16.6. The second-order valence-electron chi connectivity index (χ2n) is 7.53. The Morgan fingerprint density at radius 2 is 2.24 bits per heavy atom. The van der Waals surface area contributed by atoms with E-state index in [-0.39, 0.29) is 11.8 Å². The third-order valence-corrected chi connectivity index (χ3v) is 5.76. The first-order chi connectivity index (χ1) is 12.1. The van der Waals surface area contributed by atoms with Crippen molar-refractivity contribution in [2.45, 2.75) is 38.0 Å². The molecule has 1 aliphatic carbocycles. The molecule has 1 atom stereocenters. The van der Waals surface area contributed by atoms with E-state index in [1.54, 1.807) is 18.1 Å². The van der Waals surface area contributed by atoms with Gasteiger partial charge in [-0.25, -0.2) is 0 Å². The summed E-state index contributed by atoms with van der Waals surface area (Å²) in [6.07, 6.45) is 4.79. The molecular formula is C18H25N3O4. The summed E-state index contributed by atoms with van der Waals surface area (Å²) in [6, 6.07) is 1.78. The Hall–Kier alpha value is -1.89. The highest BCUT2D eigenvalue weighted by atomic mass is 16.5. The normalized spacial score (nSPS) is 26.7. The molecule has 3 heterocycles. The predicted molar refractivity (Wildman–Crippen MR) is 89.1 cm³/mol. The number of ether oxygens (including phenoxy) is 1. The minimum atomic E-state index is -0.426. The number of likely N-dealkylation sites (tertiary alicyclic amines) is 2. The molecule has 2 amide bonds. The lowest BCUT2D eigenvalue weighted by Gasteiger charge is -2.39. The first-order valence-electron chi connectivity index (χ1n) is 9.17. The number of methoxy groups -OCH3 is 1. The molecule has 1 aromatic rings. The number of nitrogens with zero attached hydrogens (tertiary/aromatic N) is 3. The Kier molecular flexibility index (Phi) is 4.27. The van der Waals surface area contributed by atoms with Gasteiger partial charge in [-0.1, -0.05) is 5.16 Å². The van der Waals surface area contributed by atoms with Crippen molar-refractivity contribution in [3.8, 4) is 0 Å². The number of carbonyl (C=O) groups excluding carboxylic acids is 2. The van der Waals surface area contributed by atoms with Crippen molar-refractivity contribution in [3.05, 3.63) is 17.5 Å². The Morgan fingerprint density at radius 3 is 3.00 bits per heavy atom. The van der Waals surface area contributed by atoms with Crippen LogP contribution in [0.2, 0.25) is 0 Å². The van der Waals surface area contributed by atoms with Crippen LogP contribution in [0.4, 0.5) is 0 Å². The molecule has 7 heteroatoms. The lowest BCUT2D eigenvalue weighted by molar-refractivity contribution is -0.146. The summed E-state index contributed by atoms with van der Waals surface area (Å²) in [4.78, 5) is 29.4. The molecule has 136 valence electrons. The molecule has 0 radical (unpaired) electrons. The van der Waals surface area contributed by atoms with Gasteiger partial charge >= 0.3 is 0 Å². The van der Waals surface area contributed by atoms with Gasteiger partial charge in [-0.3, -0.25) is 9.59 Å². The topological polar surface area (TPSA) is 75.9 Å². The summed E-state index contributed by atoms with van der Waals surface area (Å²) in [5.74, 6) is 1.31. The maximum atomic E-state index is 13.0. The molecule has 0 aromatic carbocycles. The van der Waals surface area contributed by atoms with E-state index in [0.29, 0.717) is 37.9 Å². The number of amides is 2. The van der Waals surface area contributed by atoms with Crippen LogP contribution in [-0.4, -0.2) is 66.7 Å². The van der Waals surface area contributed by atoms with Crippen LogP contribution in [0.15, 0.2) is 10.6 Å². The fourth-order valence-corrected chi connectivity index (χ4v) is 4.10. The molecule has 0 N–H and O–H groups in total. The second-order valence-corrected chi connectivity index (χ2v) is 7.53. The molecule has 2 saturated heterocycles. The third-order valence-electron chi connectivity index (χ3n) is 5.76. The molecule has 1 spiro atoms. The summed E-state index contributed by atoms with van der Waals surface area (Å²) < 4.78 is 10.4. The maximum absolute atomic E-state index is 13.0. The standard InChI is InChI=1S/C18H25N3O4/c1-24-10-9-20-7-2-5-18(17(20)23)6-8-21(12-18)16(22)14-11-15(25-19-14)13-3-4-13/h11,13H,2-10,12H2,1H3/t18-/m0/s1. The highest BCUT2D eigenvalue weighted by molar-refractivity contribution is 5.94. The van der Waals surface area contributed by atoms with Gasteiger partial charge in [0, 0.05) is 45.3 Å². The molecule has 4 rings (SSSR count). The van der Waals surface area contributed by atoms with Crippen molar-refractivity contribution in [1.29, 1.82) is 0 Å². The molecule has 7 nitrogen and oxygen atoms in total. The summed E-state index contributed by atoms with van der Waals surface area (Å²) in [6.45, 7) is 3.05. The molecule has 1 saturated carbocycles. The zero-order valence-electron chi connectivity index (χ0n) is 14.7. The average Bonchev–Trinajstić information content (AvgIpc) is 3.20. The van der Waals surface area contributed by atoms with Gasteiger partial charge in [-0.15, -0.1) is 0 Å². The van der Waals surface area contributed by atoms with Gasteiger partial charge in [0.1, 0.15) is 5.76 Å². The van der Waals surface area contributed by atoms with Crippen LogP contribution in [0.1, 0.15) is 54.3 Å². The van der Waals surface area contributed by atoms with E-state index in [0.717, 1.165) is 44.4 Å². The number of carbonyl (C=O) groups is 2. The summed E-state index contributed by atoms with van der Waals surface area (Å²) in [5.41, 5.74) is -0.0523. The van der Waals surface area contributed by atoms with Crippen LogP contribution in [-0.2, 0) is 9.53 Å². The molecule has 2 aliphatic heterocycles. The summed E-state index contributed by atoms with van der Waals surface area (Å²) in [7, 11) is 1.65. The van der Waals surface area contributed by atoms with E-state index in [2.05, 4.69) is 5.16 Å². The molecule has 3 aliphatic rings. The SMILES string of the molecule is COCCN1CCC[C@@]2(CCN(C(=O)c3cc(C4CC4)on3)C2)C1=O. The lowest BCUT2D eigenvalue weighted by Crippen LogP contribution is -2.51. The summed E-state index contributed by atoms with van der Waals surface area (Å²) >= 11 is 0. The van der Waals surface area contributed by atoms with Crippen molar-refractivity contribution in [2.24, 2.45) is 5.41 Å². The molecule has 25 heavy (non-hydrogen) atoms. The average molecular weight is 347 g/mol. The second kappa shape index (κ2) is 6.44. The highest BCUT2D eigenvalue weighted by Crippen LogP contribution is 2.42. The largest absolute Gasteiger partial charge is 0.383 e. The maximum Gasteiger partial charge on any atom is 0.276 e. The van der Waals surface area contributed by atoms with Gasteiger partial charge in [-0.2, -0.15) is 0 Å². The molecule has 3 fully saturated rings. The third kappa shape index (κ3) is 3.05. The number of aromatic nitrogens is 1. The van der Waals surface area contributed by atoms with Crippen LogP contribution < -0.4 is 0 Å². The van der Waals surface area contributed by atoms with Gasteiger partial charge in [-0.05, 0) is 32.1 Å². The Balaban J connectivity index is 1.44. The minimum absolute atomic E-state index is 0.116. The van der Waals surface area contributed by atoms with Crippen molar-refractivity contribution < 1.29 is 18.8 Å². The van der Waals surface area contributed by atoms with E-state index in [4.69, 9.17) is 9.26 Å². The number of hydrogen-bond donors (Lipinski definition) is 0. The lowest BCUT2D eigenvalue weighted by atomic mass is 9.78. The van der Waals surface area contributed by atoms with Crippen molar-refractivity contribution in [2.75, 3.05) is 39.9 Å². The van der Waals surface area contributed by atoms with Gasteiger partial charge in [0.25, 0.3) is 5.91 Å². The Bertz CT molecular complexity index is 669. The number of hydrogen-bond acceptors (Lipinski definition) is 5. The zero-order chi connectivity index (χ0) is 17.4. The van der Waals surface area contributed by atoms with Gasteiger partial charge < -0.3 is 19.1 Å². The predicted octanol–water partition coefficient (Wildman–Crippen LogP) is 1.65. The minimum Gasteiger partial charge on any atom is -0.383 e. The Morgan fingerprint density at radius 1 is 1.40 bits per heavy atom. The number of rotatable bonds is 5. The van der Waals surface area contributed by atoms with E-state index in [1.807, 2.05) is 4.90 Å². The first-order valence-corrected chi connectivity index (χ1v) is 9.17. The van der Waals surface area contributed by atoms with Gasteiger partial charge in [0.05, 0.1) is 12.0 Å².